The van der Waals surface area contributed by atoms with Crippen LogP contribution in [0.3, 0.4) is 0 Å². The molecule has 5 rings (SSSR count). The lowest BCUT2D eigenvalue weighted by Gasteiger charge is -2.31. The first kappa shape index (κ1) is 18.1. The van der Waals surface area contributed by atoms with Gasteiger partial charge >= 0.3 is 0 Å². The quantitative estimate of drug-likeness (QED) is 0.546. The van der Waals surface area contributed by atoms with E-state index in [2.05, 4.69) is 20.5 Å². The second-order valence-electron chi connectivity index (χ2n) is 8.37. The van der Waals surface area contributed by atoms with Gasteiger partial charge in [-0.15, -0.1) is 0 Å². The van der Waals surface area contributed by atoms with Crippen LogP contribution in [0.15, 0.2) is 30.3 Å². The number of benzene rings is 1. The Balaban J connectivity index is 1.53. The zero-order chi connectivity index (χ0) is 20.1. The minimum absolute atomic E-state index is 0.0991. The van der Waals surface area contributed by atoms with Crippen molar-refractivity contribution in [3.8, 4) is 17.0 Å². The lowest BCUT2D eigenvalue weighted by molar-refractivity contribution is 0.0904. The van der Waals surface area contributed by atoms with Crippen LogP contribution in [0.5, 0.6) is 5.75 Å². The highest BCUT2D eigenvalue weighted by Gasteiger charge is 2.47. The fourth-order valence-electron chi connectivity index (χ4n) is 5.35. The van der Waals surface area contributed by atoms with Crippen LogP contribution in [0, 0.1) is 24.7 Å². The zero-order valence-corrected chi connectivity index (χ0v) is 16.4. The third kappa shape index (κ3) is 2.97. The van der Waals surface area contributed by atoms with Gasteiger partial charge in [0, 0.05) is 11.6 Å². The summed E-state index contributed by atoms with van der Waals surface area (Å²) in [4.78, 5) is 18.0. The molecule has 7 heteroatoms. The summed E-state index contributed by atoms with van der Waals surface area (Å²) in [5, 5.41) is 20.8. The number of nitrogens with zero attached hydrogens (tertiary/aromatic N) is 2. The number of nitrogens with two attached hydrogens (primary N) is 1. The number of carbonyl (C=O) groups is 1. The van der Waals surface area contributed by atoms with Gasteiger partial charge < -0.3 is 16.2 Å². The first-order chi connectivity index (χ1) is 14.0. The number of aromatic amines is 1. The molecule has 1 aromatic carbocycles. The van der Waals surface area contributed by atoms with Crippen molar-refractivity contribution in [3.63, 3.8) is 0 Å². The lowest BCUT2D eigenvalue weighted by Crippen LogP contribution is -2.46. The summed E-state index contributed by atoms with van der Waals surface area (Å²) in [6.07, 6.45) is 3.56. The predicted molar refractivity (Wildman–Crippen MR) is 110 cm³/mol. The molecule has 4 atom stereocenters. The van der Waals surface area contributed by atoms with E-state index >= 15 is 0 Å². The summed E-state index contributed by atoms with van der Waals surface area (Å²) in [7, 11) is 0. The van der Waals surface area contributed by atoms with Gasteiger partial charge in [0.05, 0.1) is 22.3 Å². The summed E-state index contributed by atoms with van der Waals surface area (Å²) >= 11 is 0. The maximum Gasteiger partial charge on any atom is 0.252 e. The fraction of sp³-hybridized carbons (Fsp3) is 0.409. The molecule has 5 N–H and O–H groups in total. The summed E-state index contributed by atoms with van der Waals surface area (Å²) in [5.74, 6) is 1.61. The molecule has 2 aliphatic carbocycles. The van der Waals surface area contributed by atoms with Crippen LogP contribution in [-0.2, 0) is 0 Å². The first-order valence-corrected chi connectivity index (χ1v) is 10.2. The molecule has 2 aromatic heterocycles. The van der Waals surface area contributed by atoms with Crippen LogP contribution in [0.2, 0.25) is 0 Å². The molecule has 2 bridgehead atoms. The van der Waals surface area contributed by atoms with Gasteiger partial charge in [0.25, 0.3) is 5.91 Å². The van der Waals surface area contributed by atoms with Gasteiger partial charge in [-0.05, 0) is 80.8 Å². The summed E-state index contributed by atoms with van der Waals surface area (Å²) in [6.45, 7) is 2.49. The van der Waals surface area contributed by atoms with E-state index in [1.807, 2.05) is 13.0 Å². The van der Waals surface area contributed by atoms with Crippen molar-refractivity contribution in [3.05, 3.63) is 41.6 Å². The van der Waals surface area contributed by atoms with Gasteiger partial charge in [-0.3, -0.25) is 9.89 Å². The number of phenols is 1. The van der Waals surface area contributed by atoms with Crippen LogP contribution < -0.4 is 11.1 Å². The molecule has 0 saturated heterocycles. The van der Waals surface area contributed by atoms with Crippen molar-refractivity contribution in [2.45, 2.75) is 32.2 Å². The Kier molecular flexibility index (Phi) is 4.28. The average molecular weight is 391 g/mol. The topological polar surface area (TPSA) is 117 Å². The molecule has 0 radical (unpaired) electrons. The minimum Gasteiger partial charge on any atom is -0.508 e. The number of aromatic hydroxyl groups is 1. The number of pyridine rings is 1. The highest BCUT2D eigenvalue weighted by molar-refractivity contribution is 6.07. The Hall–Kier alpha value is -2.93. The molecular formula is C22H25N5O2. The van der Waals surface area contributed by atoms with E-state index in [1.165, 1.54) is 19.3 Å². The van der Waals surface area contributed by atoms with Gasteiger partial charge in [0.1, 0.15) is 5.75 Å². The normalized spacial score (nSPS) is 25.6. The van der Waals surface area contributed by atoms with E-state index < -0.39 is 0 Å². The molecule has 2 saturated carbocycles. The largest absolute Gasteiger partial charge is 0.508 e. The summed E-state index contributed by atoms with van der Waals surface area (Å²) in [6, 6.07) is 8.75. The monoisotopic (exact) mass is 391 g/mol. The van der Waals surface area contributed by atoms with Gasteiger partial charge in [-0.25, -0.2) is 4.98 Å². The van der Waals surface area contributed by atoms with Crippen molar-refractivity contribution in [1.29, 1.82) is 0 Å². The molecule has 7 nitrogen and oxygen atoms in total. The van der Waals surface area contributed by atoms with Crippen molar-refractivity contribution in [2.24, 2.45) is 23.5 Å². The Morgan fingerprint density at radius 3 is 2.79 bits per heavy atom. The van der Waals surface area contributed by atoms with Crippen molar-refractivity contribution in [2.75, 3.05) is 6.54 Å². The molecule has 2 heterocycles. The van der Waals surface area contributed by atoms with Crippen LogP contribution in [-0.4, -0.2) is 38.8 Å². The smallest absolute Gasteiger partial charge is 0.252 e. The second kappa shape index (κ2) is 6.84. The number of aromatic nitrogens is 3. The maximum absolute atomic E-state index is 13.4. The Bertz CT molecular complexity index is 1070. The molecule has 0 aliphatic heterocycles. The second-order valence-corrected chi connectivity index (χ2v) is 8.37. The number of rotatable bonds is 4. The van der Waals surface area contributed by atoms with E-state index in [0.717, 1.165) is 16.6 Å². The maximum atomic E-state index is 13.4. The number of fused-ring (bicyclic) bond motifs is 3. The van der Waals surface area contributed by atoms with Crippen LogP contribution in [0.25, 0.3) is 22.3 Å². The molecule has 0 spiro atoms. The van der Waals surface area contributed by atoms with Gasteiger partial charge in [0.15, 0.2) is 5.65 Å². The number of nitrogens with one attached hydrogen (secondary N) is 2. The summed E-state index contributed by atoms with van der Waals surface area (Å²) in [5.41, 5.74) is 9.43. The van der Waals surface area contributed by atoms with Gasteiger partial charge in [0.2, 0.25) is 0 Å². The number of H-pyrrole nitrogens is 1. The molecule has 2 aliphatic rings. The van der Waals surface area contributed by atoms with Crippen molar-refractivity contribution < 1.29 is 9.90 Å². The predicted octanol–water partition coefficient (Wildman–Crippen LogP) is 2.74. The molecule has 2 fully saturated rings. The molecule has 0 unspecified atom stereocenters. The van der Waals surface area contributed by atoms with Gasteiger partial charge in [-0.1, -0.05) is 0 Å². The number of hydrogen-bond acceptors (Lipinski definition) is 5. The molecule has 1 amide bonds. The molecule has 3 aromatic rings. The van der Waals surface area contributed by atoms with E-state index in [4.69, 9.17) is 5.73 Å². The van der Waals surface area contributed by atoms with Crippen molar-refractivity contribution in [1.82, 2.24) is 20.5 Å². The Morgan fingerprint density at radius 2 is 2.03 bits per heavy atom. The van der Waals surface area contributed by atoms with E-state index in [-0.39, 0.29) is 17.7 Å². The molecular weight excluding hydrogens is 366 g/mol. The Morgan fingerprint density at radius 1 is 1.28 bits per heavy atom. The van der Waals surface area contributed by atoms with E-state index in [9.17, 15) is 9.90 Å². The van der Waals surface area contributed by atoms with Crippen molar-refractivity contribution >= 4 is 16.9 Å². The number of hydrogen-bond donors (Lipinski definition) is 4. The van der Waals surface area contributed by atoms with Crippen LogP contribution in [0.1, 0.15) is 35.3 Å². The average Bonchev–Trinajstić information content (AvgIpc) is 3.43. The molecule has 150 valence electrons. The van der Waals surface area contributed by atoms with Crippen LogP contribution >= 0.6 is 0 Å². The number of aryl methyl sites for hydroxylation is 1. The lowest BCUT2D eigenvalue weighted by atomic mass is 9.84. The number of carbonyl (C=O) groups excluding carboxylic acids is 1. The van der Waals surface area contributed by atoms with E-state index in [0.29, 0.717) is 41.2 Å². The van der Waals surface area contributed by atoms with E-state index in [1.54, 1.807) is 24.3 Å². The zero-order valence-electron chi connectivity index (χ0n) is 16.4. The summed E-state index contributed by atoms with van der Waals surface area (Å²) < 4.78 is 0. The first-order valence-electron chi connectivity index (χ1n) is 10.2. The highest BCUT2D eigenvalue weighted by atomic mass is 16.3. The third-order valence-electron chi connectivity index (χ3n) is 6.78. The highest BCUT2D eigenvalue weighted by Crippen LogP contribution is 2.48. The fourth-order valence-corrected chi connectivity index (χ4v) is 5.35. The van der Waals surface area contributed by atoms with Crippen LogP contribution in [0.4, 0.5) is 0 Å². The SMILES string of the molecule is Cc1n[nH]c2nc(-c3ccc(O)cc3)cc(C(=O)N[C@@H]3[C@H]4CC[C@H](C4)[C@H]3CN)c12. The van der Waals surface area contributed by atoms with Gasteiger partial charge in [-0.2, -0.15) is 5.10 Å². The Labute approximate surface area is 168 Å². The standard InChI is InChI=1S/C22H25N5O2/c1-11-19-16(22(29)25-20-14-3-2-13(8-14)17(20)10-23)9-18(24-21(19)27-26-11)12-4-6-15(28)7-5-12/h4-7,9,13-14,17,20,28H,2-3,8,10,23H2,1H3,(H,25,29)(H,24,26,27)/t13-,14+,17-,20-/m1/s1. The number of phenolic OH excluding ortho intramolecular Hbond substituents is 1. The number of amides is 1. The third-order valence-corrected chi connectivity index (χ3v) is 6.78. The minimum atomic E-state index is -0.0991. The molecule has 29 heavy (non-hydrogen) atoms.